The lowest BCUT2D eigenvalue weighted by Crippen LogP contribution is -2.36. The molecule has 112 valence electrons. The molecule has 2 N–H and O–H groups in total. The van der Waals surface area contributed by atoms with Gasteiger partial charge in [-0.05, 0) is 62.5 Å². The molecule has 0 radical (unpaired) electrons. The van der Waals surface area contributed by atoms with Crippen LogP contribution in [-0.4, -0.2) is 24.5 Å². The van der Waals surface area contributed by atoms with Crippen LogP contribution in [0.15, 0.2) is 18.2 Å². The summed E-state index contributed by atoms with van der Waals surface area (Å²) in [5.74, 6) is 0.0703. The molecule has 1 heterocycles. The normalized spacial score (nSPS) is 24.6. The highest BCUT2D eigenvalue weighted by Crippen LogP contribution is 2.36. The minimum absolute atomic E-state index is 0.207. The Morgan fingerprint density at radius 3 is 2.85 bits per heavy atom. The number of hydrogen-bond donors (Lipinski definition) is 1. The predicted molar refractivity (Wildman–Crippen MR) is 82.4 cm³/mol. The van der Waals surface area contributed by atoms with Gasteiger partial charge in [0, 0.05) is 6.04 Å². The van der Waals surface area contributed by atoms with E-state index in [4.69, 9.17) is 17.3 Å². The number of rotatable bonds is 4. The molecule has 1 aliphatic rings. The molecule has 20 heavy (non-hydrogen) atoms. The zero-order valence-corrected chi connectivity index (χ0v) is 12.9. The Morgan fingerprint density at radius 2 is 2.20 bits per heavy atom. The van der Waals surface area contributed by atoms with E-state index in [0.717, 1.165) is 31.5 Å². The van der Waals surface area contributed by atoms with E-state index in [-0.39, 0.29) is 16.9 Å². The van der Waals surface area contributed by atoms with Crippen molar-refractivity contribution in [2.24, 2.45) is 11.7 Å². The summed E-state index contributed by atoms with van der Waals surface area (Å²) in [5.41, 5.74) is 7.09. The van der Waals surface area contributed by atoms with Gasteiger partial charge >= 0.3 is 0 Å². The lowest BCUT2D eigenvalue weighted by atomic mass is 9.89. The second-order valence-corrected chi connectivity index (χ2v) is 6.05. The van der Waals surface area contributed by atoms with E-state index in [1.807, 2.05) is 6.07 Å². The van der Waals surface area contributed by atoms with Crippen LogP contribution in [0.25, 0.3) is 0 Å². The van der Waals surface area contributed by atoms with Gasteiger partial charge in [-0.3, -0.25) is 4.90 Å². The number of nitrogens with two attached hydrogens (primary N) is 1. The summed E-state index contributed by atoms with van der Waals surface area (Å²) in [4.78, 5) is 2.49. The fourth-order valence-corrected chi connectivity index (χ4v) is 3.47. The Balaban J connectivity index is 2.34. The van der Waals surface area contributed by atoms with Crippen molar-refractivity contribution in [3.63, 3.8) is 0 Å². The molecule has 2 unspecified atom stereocenters. The number of hydrogen-bond acceptors (Lipinski definition) is 2. The van der Waals surface area contributed by atoms with Gasteiger partial charge in [0.05, 0.1) is 5.02 Å². The van der Waals surface area contributed by atoms with Crippen molar-refractivity contribution in [1.29, 1.82) is 0 Å². The van der Waals surface area contributed by atoms with Crippen LogP contribution in [0.1, 0.15) is 44.2 Å². The standard InChI is InChI=1S/C16H24ClFN2/c1-2-8-20-9-4-3-5-13(11-19)16(20)12-6-7-15(18)14(17)10-12/h6-7,10,13,16H,2-5,8-9,11,19H2,1H3. The first-order valence-corrected chi connectivity index (χ1v) is 7.94. The zero-order valence-electron chi connectivity index (χ0n) is 12.1. The molecule has 1 saturated heterocycles. The smallest absolute Gasteiger partial charge is 0.141 e. The van der Waals surface area contributed by atoms with Crippen molar-refractivity contribution < 1.29 is 4.39 Å². The largest absolute Gasteiger partial charge is 0.330 e. The molecule has 0 spiro atoms. The number of likely N-dealkylation sites (tertiary alicyclic amines) is 1. The second kappa shape index (κ2) is 7.39. The van der Waals surface area contributed by atoms with Crippen molar-refractivity contribution in [1.82, 2.24) is 4.90 Å². The van der Waals surface area contributed by atoms with E-state index in [0.29, 0.717) is 12.5 Å². The van der Waals surface area contributed by atoms with Gasteiger partial charge in [-0.25, -0.2) is 4.39 Å². The van der Waals surface area contributed by atoms with Crippen molar-refractivity contribution in [2.75, 3.05) is 19.6 Å². The van der Waals surface area contributed by atoms with Crippen LogP contribution in [0.5, 0.6) is 0 Å². The highest BCUT2D eigenvalue weighted by atomic mass is 35.5. The maximum Gasteiger partial charge on any atom is 0.141 e. The van der Waals surface area contributed by atoms with Gasteiger partial charge in [0.25, 0.3) is 0 Å². The average molecular weight is 299 g/mol. The molecule has 0 aliphatic carbocycles. The lowest BCUT2D eigenvalue weighted by molar-refractivity contribution is 0.158. The fraction of sp³-hybridized carbons (Fsp3) is 0.625. The lowest BCUT2D eigenvalue weighted by Gasteiger charge is -2.35. The zero-order chi connectivity index (χ0) is 14.5. The minimum atomic E-state index is -0.352. The second-order valence-electron chi connectivity index (χ2n) is 5.65. The molecule has 1 aromatic carbocycles. The Hall–Kier alpha value is -0.640. The summed E-state index contributed by atoms with van der Waals surface area (Å²) in [7, 11) is 0. The van der Waals surface area contributed by atoms with Gasteiger partial charge in [0.1, 0.15) is 5.82 Å². The number of nitrogens with zero attached hydrogens (tertiary/aromatic N) is 1. The molecular formula is C16H24ClFN2. The first-order chi connectivity index (χ1) is 9.67. The average Bonchev–Trinajstić information content (AvgIpc) is 2.64. The third-order valence-corrected chi connectivity index (χ3v) is 4.50. The molecule has 1 fully saturated rings. The minimum Gasteiger partial charge on any atom is -0.330 e. The van der Waals surface area contributed by atoms with Gasteiger partial charge in [-0.2, -0.15) is 0 Å². The van der Waals surface area contributed by atoms with E-state index < -0.39 is 0 Å². The van der Waals surface area contributed by atoms with Gasteiger partial charge in [-0.15, -0.1) is 0 Å². The van der Waals surface area contributed by atoms with Crippen LogP contribution in [0.4, 0.5) is 4.39 Å². The molecule has 1 aliphatic heterocycles. The highest BCUT2D eigenvalue weighted by molar-refractivity contribution is 6.30. The predicted octanol–water partition coefficient (Wildman–Crippen LogP) is 3.99. The fourth-order valence-electron chi connectivity index (χ4n) is 3.28. The monoisotopic (exact) mass is 298 g/mol. The number of halogens is 2. The Labute approximate surface area is 126 Å². The third kappa shape index (κ3) is 3.51. The highest BCUT2D eigenvalue weighted by Gasteiger charge is 2.30. The maximum atomic E-state index is 13.4. The van der Waals surface area contributed by atoms with Crippen LogP contribution in [-0.2, 0) is 0 Å². The number of benzene rings is 1. The summed E-state index contributed by atoms with van der Waals surface area (Å²) in [6.45, 7) is 5.00. The molecule has 0 aromatic heterocycles. The van der Waals surface area contributed by atoms with Crippen LogP contribution in [0.2, 0.25) is 5.02 Å². The van der Waals surface area contributed by atoms with E-state index in [1.165, 1.54) is 18.9 Å². The Bertz CT molecular complexity index is 438. The van der Waals surface area contributed by atoms with Crippen molar-refractivity contribution in [2.45, 2.75) is 38.6 Å². The quantitative estimate of drug-likeness (QED) is 0.910. The Kier molecular flexibility index (Phi) is 5.82. The molecule has 2 nitrogen and oxygen atoms in total. The van der Waals surface area contributed by atoms with Crippen molar-refractivity contribution in [3.8, 4) is 0 Å². The van der Waals surface area contributed by atoms with Crippen molar-refractivity contribution in [3.05, 3.63) is 34.6 Å². The maximum absolute atomic E-state index is 13.4. The summed E-state index contributed by atoms with van der Waals surface area (Å²) in [6, 6.07) is 5.38. The summed E-state index contributed by atoms with van der Waals surface area (Å²) in [6.07, 6.45) is 4.68. The van der Waals surface area contributed by atoms with E-state index in [2.05, 4.69) is 11.8 Å². The molecule has 2 rings (SSSR count). The molecular weight excluding hydrogens is 275 g/mol. The molecule has 0 amide bonds. The third-order valence-electron chi connectivity index (χ3n) is 4.21. The van der Waals surface area contributed by atoms with Gasteiger partial charge in [-0.1, -0.05) is 31.0 Å². The van der Waals surface area contributed by atoms with E-state index in [9.17, 15) is 4.39 Å². The summed E-state index contributed by atoms with van der Waals surface area (Å²) in [5, 5.41) is 0.207. The molecule has 0 bridgehead atoms. The SMILES string of the molecule is CCCN1CCCCC(CN)C1c1ccc(F)c(Cl)c1. The van der Waals surface area contributed by atoms with E-state index in [1.54, 1.807) is 6.07 Å². The molecule has 1 aromatic rings. The first kappa shape index (κ1) is 15.7. The Morgan fingerprint density at radius 1 is 1.40 bits per heavy atom. The first-order valence-electron chi connectivity index (χ1n) is 7.56. The molecule has 2 atom stereocenters. The molecule has 0 saturated carbocycles. The van der Waals surface area contributed by atoms with E-state index >= 15 is 0 Å². The van der Waals surface area contributed by atoms with Crippen LogP contribution < -0.4 is 5.73 Å². The topological polar surface area (TPSA) is 29.3 Å². The molecule has 4 heteroatoms. The van der Waals surface area contributed by atoms with Gasteiger partial charge < -0.3 is 5.73 Å². The summed E-state index contributed by atoms with van der Waals surface area (Å²) < 4.78 is 13.4. The van der Waals surface area contributed by atoms with Crippen molar-refractivity contribution >= 4 is 11.6 Å². The van der Waals surface area contributed by atoms with Gasteiger partial charge in [0.15, 0.2) is 0 Å². The van der Waals surface area contributed by atoms with Crippen LogP contribution in [0, 0.1) is 11.7 Å². The van der Waals surface area contributed by atoms with Crippen LogP contribution in [0.3, 0.4) is 0 Å². The van der Waals surface area contributed by atoms with Gasteiger partial charge in [0.2, 0.25) is 0 Å². The summed E-state index contributed by atoms with van der Waals surface area (Å²) >= 11 is 5.96. The van der Waals surface area contributed by atoms with Crippen LogP contribution >= 0.6 is 11.6 Å².